The molecule has 0 saturated heterocycles. The molecule has 2 atom stereocenters. The van der Waals surface area contributed by atoms with Gasteiger partial charge in [-0.25, -0.2) is 0 Å². The van der Waals surface area contributed by atoms with Gasteiger partial charge in [0.25, 0.3) is 0 Å². The Morgan fingerprint density at radius 2 is 1.83 bits per heavy atom. The van der Waals surface area contributed by atoms with Gasteiger partial charge in [-0.1, -0.05) is 43.3 Å². The minimum absolute atomic E-state index is 0.0337. The van der Waals surface area contributed by atoms with Crippen LogP contribution in [0.1, 0.15) is 25.0 Å². The maximum absolute atomic E-state index is 10.6. The summed E-state index contributed by atoms with van der Waals surface area (Å²) in [6.07, 6.45) is -0.778. The van der Waals surface area contributed by atoms with E-state index in [1.807, 2.05) is 42.5 Å². The molecule has 0 aliphatic rings. The van der Waals surface area contributed by atoms with E-state index in [9.17, 15) is 9.90 Å². The molecule has 0 heterocycles. The number of carboxylic acids is 1. The van der Waals surface area contributed by atoms with Crippen molar-refractivity contribution in [2.45, 2.75) is 19.4 Å². The minimum atomic E-state index is -0.887. The monoisotopic (exact) mass is 244 g/mol. The second-order valence-corrected chi connectivity index (χ2v) is 4.63. The van der Waals surface area contributed by atoms with E-state index < -0.39 is 12.1 Å². The zero-order valence-electron chi connectivity index (χ0n) is 10.2. The highest BCUT2D eigenvalue weighted by molar-refractivity contribution is 5.83. The fraction of sp³-hybridized carbons (Fsp3) is 0.267. The van der Waals surface area contributed by atoms with Crippen molar-refractivity contribution in [3.63, 3.8) is 0 Å². The van der Waals surface area contributed by atoms with Gasteiger partial charge in [-0.05, 0) is 28.3 Å². The third kappa shape index (κ3) is 2.68. The average Bonchev–Trinajstić information content (AvgIpc) is 2.36. The Morgan fingerprint density at radius 1 is 1.17 bits per heavy atom. The van der Waals surface area contributed by atoms with Crippen LogP contribution in [0.3, 0.4) is 0 Å². The molecule has 0 aliphatic heterocycles. The molecule has 94 valence electrons. The van der Waals surface area contributed by atoms with Crippen molar-refractivity contribution >= 4 is 16.7 Å². The van der Waals surface area contributed by atoms with Crippen LogP contribution < -0.4 is 0 Å². The number of rotatable bonds is 4. The number of aliphatic carboxylic acids is 1. The molecule has 2 aromatic rings. The molecule has 2 rings (SSSR count). The minimum Gasteiger partial charge on any atom is -0.481 e. The first-order chi connectivity index (χ1) is 8.58. The van der Waals surface area contributed by atoms with Gasteiger partial charge in [-0.15, -0.1) is 0 Å². The standard InChI is InChI=1S/C15H16O3/c1-10(8-14(16)17)15(18)13-7-6-11-4-2-3-5-12(11)9-13/h2-7,9-10,15,18H,8H2,1H3,(H,16,17). The quantitative estimate of drug-likeness (QED) is 0.869. The highest BCUT2D eigenvalue weighted by atomic mass is 16.4. The Balaban J connectivity index is 2.27. The molecule has 0 spiro atoms. The Bertz CT molecular complexity index is 562. The summed E-state index contributed by atoms with van der Waals surface area (Å²) in [7, 11) is 0. The molecule has 2 unspecified atom stereocenters. The van der Waals surface area contributed by atoms with Gasteiger partial charge >= 0.3 is 5.97 Å². The fourth-order valence-corrected chi connectivity index (χ4v) is 2.11. The number of carbonyl (C=O) groups is 1. The zero-order chi connectivity index (χ0) is 13.1. The molecule has 0 saturated carbocycles. The fourth-order valence-electron chi connectivity index (χ4n) is 2.11. The largest absolute Gasteiger partial charge is 0.481 e. The highest BCUT2D eigenvalue weighted by Crippen LogP contribution is 2.27. The third-order valence-corrected chi connectivity index (χ3v) is 3.15. The van der Waals surface area contributed by atoms with Crippen molar-refractivity contribution in [3.8, 4) is 0 Å². The summed E-state index contributed by atoms with van der Waals surface area (Å²) in [5.74, 6) is -1.19. The second kappa shape index (κ2) is 5.19. The van der Waals surface area contributed by atoms with E-state index in [1.54, 1.807) is 6.92 Å². The van der Waals surface area contributed by atoms with Crippen molar-refractivity contribution in [3.05, 3.63) is 48.0 Å². The number of hydrogen-bond donors (Lipinski definition) is 2. The molecule has 2 N–H and O–H groups in total. The van der Waals surface area contributed by atoms with Crippen LogP contribution in [0.2, 0.25) is 0 Å². The number of aliphatic hydroxyl groups is 1. The van der Waals surface area contributed by atoms with Gasteiger partial charge in [-0.2, -0.15) is 0 Å². The lowest BCUT2D eigenvalue weighted by Crippen LogP contribution is -2.13. The van der Waals surface area contributed by atoms with Crippen molar-refractivity contribution in [1.29, 1.82) is 0 Å². The van der Waals surface area contributed by atoms with Crippen molar-refractivity contribution < 1.29 is 15.0 Å². The molecular weight excluding hydrogens is 228 g/mol. The van der Waals surface area contributed by atoms with Gasteiger partial charge in [-0.3, -0.25) is 4.79 Å². The van der Waals surface area contributed by atoms with E-state index in [-0.39, 0.29) is 12.3 Å². The van der Waals surface area contributed by atoms with Crippen LogP contribution in [0.4, 0.5) is 0 Å². The Labute approximate surface area is 106 Å². The van der Waals surface area contributed by atoms with E-state index in [4.69, 9.17) is 5.11 Å². The van der Waals surface area contributed by atoms with E-state index in [1.165, 1.54) is 0 Å². The normalized spacial score (nSPS) is 14.3. The zero-order valence-corrected chi connectivity index (χ0v) is 10.2. The summed E-state index contributed by atoms with van der Waals surface area (Å²) >= 11 is 0. The summed E-state index contributed by atoms with van der Waals surface area (Å²) in [6, 6.07) is 13.6. The van der Waals surface area contributed by atoms with Crippen LogP contribution in [-0.4, -0.2) is 16.2 Å². The summed E-state index contributed by atoms with van der Waals surface area (Å²) in [5, 5.41) is 21.0. The van der Waals surface area contributed by atoms with Gasteiger partial charge < -0.3 is 10.2 Å². The Hall–Kier alpha value is -1.87. The Kier molecular flexibility index (Phi) is 3.63. The van der Waals surface area contributed by atoms with Crippen LogP contribution >= 0.6 is 0 Å². The van der Waals surface area contributed by atoms with Gasteiger partial charge in [0.05, 0.1) is 12.5 Å². The maximum Gasteiger partial charge on any atom is 0.303 e. The average molecular weight is 244 g/mol. The molecule has 3 heteroatoms. The Morgan fingerprint density at radius 3 is 2.50 bits per heavy atom. The molecular formula is C15H16O3. The first kappa shape index (κ1) is 12.6. The van der Waals surface area contributed by atoms with E-state index in [0.717, 1.165) is 16.3 Å². The first-order valence-electron chi connectivity index (χ1n) is 5.96. The number of aliphatic hydroxyl groups excluding tert-OH is 1. The van der Waals surface area contributed by atoms with Gasteiger partial charge in [0.1, 0.15) is 0 Å². The number of hydrogen-bond acceptors (Lipinski definition) is 2. The lowest BCUT2D eigenvalue weighted by molar-refractivity contribution is -0.139. The van der Waals surface area contributed by atoms with Gasteiger partial charge in [0.2, 0.25) is 0 Å². The molecule has 0 bridgehead atoms. The second-order valence-electron chi connectivity index (χ2n) is 4.63. The lowest BCUT2D eigenvalue weighted by Gasteiger charge is -2.17. The maximum atomic E-state index is 10.6. The summed E-state index contributed by atoms with van der Waals surface area (Å²) in [4.78, 5) is 10.6. The molecule has 3 nitrogen and oxygen atoms in total. The van der Waals surface area contributed by atoms with Crippen molar-refractivity contribution in [1.82, 2.24) is 0 Å². The van der Waals surface area contributed by atoms with E-state index >= 15 is 0 Å². The summed E-state index contributed by atoms with van der Waals surface area (Å²) in [6.45, 7) is 1.74. The topological polar surface area (TPSA) is 57.5 Å². The van der Waals surface area contributed by atoms with Crippen molar-refractivity contribution in [2.24, 2.45) is 5.92 Å². The van der Waals surface area contributed by atoms with Crippen LogP contribution in [0, 0.1) is 5.92 Å². The van der Waals surface area contributed by atoms with Crippen LogP contribution in [-0.2, 0) is 4.79 Å². The van der Waals surface area contributed by atoms with Crippen LogP contribution in [0.25, 0.3) is 10.8 Å². The molecule has 0 aromatic heterocycles. The highest BCUT2D eigenvalue weighted by Gasteiger charge is 2.19. The van der Waals surface area contributed by atoms with Gasteiger partial charge in [0, 0.05) is 0 Å². The molecule has 0 radical (unpaired) electrons. The molecule has 18 heavy (non-hydrogen) atoms. The molecule has 2 aromatic carbocycles. The van der Waals surface area contributed by atoms with E-state index in [0.29, 0.717) is 0 Å². The lowest BCUT2D eigenvalue weighted by atomic mass is 9.93. The molecule has 0 amide bonds. The number of carboxylic acid groups (broad SMARTS) is 1. The van der Waals surface area contributed by atoms with E-state index in [2.05, 4.69) is 0 Å². The van der Waals surface area contributed by atoms with Crippen molar-refractivity contribution in [2.75, 3.05) is 0 Å². The predicted molar refractivity (Wildman–Crippen MR) is 70.3 cm³/mol. The summed E-state index contributed by atoms with van der Waals surface area (Å²) < 4.78 is 0. The number of fused-ring (bicyclic) bond motifs is 1. The molecule has 0 aliphatic carbocycles. The third-order valence-electron chi connectivity index (χ3n) is 3.15. The SMILES string of the molecule is CC(CC(=O)O)C(O)c1ccc2ccccc2c1. The smallest absolute Gasteiger partial charge is 0.303 e. The van der Waals surface area contributed by atoms with Crippen LogP contribution in [0.5, 0.6) is 0 Å². The molecule has 0 fully saturated rings. The first-order valence-corrected chi connectivity index (χ1v) is 5.96. The van der Waals surface area contributed by atoms with Crippen LogP contribution in [0.15, 0.2) is 42.5 Å². The summed E-state index contributed by atoms with van der Waals surface area (Å²) in [5.41, 5.74) is 0.766. The number of benzene rings is 2. The predicted octanol–water partition coefficient (Wildman–Crippen LogP) is 2.98. The van der Waals surface area contributed by atoms with Gasteiger partial charge in [0.15, 0.2) is 0 Å².